The van der Waals surface area contributed by atoms with Crippen molar-refractivity contribution in [2.24, 2.45) is 0 Å². The van der Waals surface area contributed by atoms with E-state index in [-0.39, 0.29) is 24.0 Å². The minimum absolute atomic E-state index is 0.0279. The third-order valence-corrected chi connectivity index (χ3v) is 9.26. The Hall–Kier alpha value is -4.13. The fourth-order valence-corrected chi connectivity index (χ4v) is 6.95. The van der Waals surface area contributed by atoms with Crippen molar-refractivity contribution in [2.45, 2.75) is 43.8 Å². The van der Waals surface area contributed by atoms with Gasteiger partial charge in [0.25, 0.3) is 5.91 Å². The van der Waals surface area contributed by atoms with Crippen LogP contribution in [-0.4, -0.2) is 60.8 Å². The zero-order valence-electron chi connectivity index (χ0n) is 25.0. The lowest BCUT2D eigenvalue weighted by atomic mass is 9.69. The number of methoxy groups -OCH3 is 2. The van der Waals surface area contributed by atoms with Gasteiger partial charge in [0.2, 0.25) is 0 Å². The molecule has 2 aliphatic rings. The summed E-state index contributed by atoms with van der Waals surface area (Å²) in [5.41, 5.74) is 6.51. The number of rotatable bonds is 8. The van der Waals surface area contributed by atoms with Crippen molar-refractivity contribution in [1.82, 2.24) is 9.80 Å². The van der Waals surface area contributed by atoms with Crippen LogP contribution in [0.4, 0.5) is 0 Å². The maximum absolute atomic E-state index is 13.8. The first kappa shape index (κ1) is 29.0. The molecule has 0 saturated carbocycles. The quantitative estimate of drug-likeness (QED) is 0.285. The summed E-state index contributed by atoms with van der Waals surface area (Å²) < 4.78 is 10.9. The second kappa shape index (κ2) is 12.6. The number of carbonyl (C=O) groups excluding carboxylic acids is 1. The fourth-order valence-electron chi connectivity index (χ4n) is 6.95. The summed E-state index contributed by atoms with van der Waals surface area (Å²) >= 11 is 0. The number of amides is 1. The van der Waals surface area contributed by atoms with Crippen molar-refractivity contribution in [3.8, 4) is 11.5 Å². The lowest BCUT2D eigenvalue weighted by Gasteiger charge is -2.44. The highest BCUT2D eigenvalue weighted by molar-refractivity contribution is 5.94. The van der Waals surface area contributed by atoms with Gasteiger partial charge in [0.1, 0.15) is 11.5 Å². The van der Waals surface area contributed by atoms with Crippen LogP contribution in [0.2, 0.25) is 0 Å². The average molecular weight is 577 g/mol. The Balaban J connectivity index is 1.25. The van der Waals surface area contributed by atoms with Gasteiger partial charge in [-0.1, -0.05) is 60.7 Å². The molecule has 0 spiro atoms. The van der Waals surface area contributed by atoms with E-state index in [2.05, 4.69) is 47.4 Å². The number of ether oxygens (including phenoxy) is 2. The highest BCUT2D eigenvalue weighted by Crippen LogP contribution is 2.42. The Bertz CT molecular complexity index is 1500. The number of piperidine rings is 1. The van der Waals surface area contributed by atoms with E-state index >= 15 is 0 Å². The highest BCUT2D eigenvalue weighted by Gasteiger charge is 2.39. The van der Waals surface area contributed by atoms with Crippen LogP contribution in [0.1, 0.15) is 51.0 Å². The number of carbonyl (C=O) groups is 1. The van der Waals surface area contributed by atoms with Crippen molar-refractivity contribution >= 4 is 5.91 Å². The first-order valence-electron chi connectivity index (χ1n) is 15.1. The largest absolute Gasteiger partial charge is 0.497 e. The monoisotopic (exact) mass is 576 g/mol. The van der Waals surface area contributed by atoms with E-state index < -0.39 is 0 Å². The maximum Gasteiger partial charge on any atom is 0.254 e. The lowest BCUT2D eigenvalue weighted by Crippen LogP contribution is -2.46. The molecule has 2 heterocycles. The Morgan fingerprint density at radius 3 is 2.14 bits per heavy atom. The molecule has 222 valence electrons. The van der Waals surface area contributed by atoms with E-state index in [0.717, 1.165) is 55.1 Å². The first-order valence-corrected chi connectivity index (χ1v) is 15.1. The van der Waals surface area contributed by atoms with Crippen LogP contribution < -0.4 is 9.47 Å². The molecule has 1 atom stereocenters. The first-order chi connectivity index (χ1) is 21.0. The summed E-state index contributed by atoms with van der Waals surface area (Å²) in [5, 5.41) is 10.1. The molecule has 0 aliphatic carbocycles. The Kier molecular flexibility index (Phi) is 8.50. The summed E-state index contributed by atoms with van der Waals surface area (Å²) in [6.07, 6.45) is 2.77. The van der Waals surface area contributed by atoms with Gasteiger partial charge in [-0.05, 0) is 90.0 Å². The summed E-state index contributed by atoms with van der Waals surface area (Å²) in [6, 6.07) is 33.0. The molecule has 1 saturated heterocycles. The number of nitrogens with zero attached hydrogens (tertiary/aromatic N) is 2. The molecule has 4 aromatic rings. The smallest absolute Gasteiger partial charge is 0.254 e. The number of hydrogen-bond acceptors (Lipinski definition) is 5. The van der Waals surface area contributed by atoms with Gasteiger partial charge in [-0.2, -0.15) is 0 Å². The van der Waals surface area contributed by atoms with E-state index in [4.69, 9.17) is 9.47 Å². The molecule has 1 amide bonds. The van der Waals surface area contributed by atoms with Crippen LogP contribution in [0.25, 0.3) is 0 Å². The van der Waals surface area contributed by atoms with Crippen molar-refractivity contribution in [3.05, 3.63) is 130 Å². The van der Waals surface area contributed by atoms with Gasteiger partial charge >= 0.3 is 0 Å². The summed E-state index contributed by atoms with van der Waals surface area (Å²) in [4.78, 5) is 18.1. The molecule has 43 heavy (non-hydrogen) atoms. The molecule has 1 fully saturated rings. The number of aliphatic hydroxyl groups excluding tert-OH is 1. The molecule has 4 aromatic carbocycles. The lowest BCUT2D eigenvalue weighted by molar-refractivity contribution is 0.0544. The van der Waals surface area contributed by atoms with Gasteiger partial charge in [-0.25, -0.2) is 0 Å². The van der Waals surface area contributed by atoms with Crippen molar-refractivity contribution < 1.29 is 19.4 Å². The predicted octanol–water partition coefficient (Wildman–Crippen LogP) is 5.85. The topological polar surface area (TPSA) is 62.2 Å². The van der Waals surface area contributed by atoms with Crippen LogP contribution >= 0.6 is 0 Å². The molecule has 2 aliphatic heterocycles. The van der Waals surface area contributed by atoms with Crippen LogP contribution in [0.3, 0.4) is 0 Å². The Morgan fingerprint density at radius 2 is 1.51 bits per heavy atom. The van der Waals surface area contributed by atoms with Gasteiger partial charge in [-0.3, -0.25) is 9.69 Å². The number of fused-ring (bicyclic) bond motifs is 1. The Labute approximate surface area is 254 Å². The summed E-state index contributed by atoms with van der Waals surface area (Å²) in [7, 11) is 3.40. The van der Waals surface area contributed by atoms with Crippen LogP contribution in [0.15, 0.2) is 97.1 Å². The second-order valence-electron chi connectivity index (χ2n) is 11.8. The van der Waals surface area contributed by atoms with Crippen LogP contribution in [0, 0.1) is 0 Å². The minimum atomic E-state index is -0.220. The molecule has 6 nitrogen and oxygen atoms in total. The normalized spacial score (nSPS) is 18.1. The van der Waals surface area contributed by atoms with E-state index in [9.17, 15) is 9.90 Å². The molecule has 6 rings (SSSR count). The third-order valence-electron chi connectivity index (χ3n) is 9.26. The van der Waals surface area contributed by atoms with Gasteiger partial charge in [0, 0.05) is 30.6 Å². The molecular formula is C37H40N2O4. The number of benzene rings is 4. The molecule has 0 aromatic heterocycles. The van der Waals surface area contributed by atoms with Gasteiger partial charge in [-0.15, -0.1) is 0 Å². The molecule has 6 heteroatoms. The van der Waals surface area contributed by atoms with E-state index in [1.165, 1.54) is 16.7 Å². The average Bonchev–Trinajstić information content (AvgIpc) is 3.07. The molecule has 0 radical (unpaired) electrons. The highest BCUT2D eigenvalue weighted by atomic mass is 16.5. The van der Waals surface area contributed by atoms with Crippen molar-refractivity contribution in [1.29, 1.82) is 0 Å². The van der Waals surface area contributed by atoms with Gasteiger partial charge in [0.05, 0.1) is 26.9 Å². The summed E-state index contributed by atoms with van der Waals surface area (Å²) in [5.74, 6) is 1.67. The number of likely N-dealkylation sites (tertiary alicyclic amines) is 1. The minimum Gasteiger partial charge on any atom is -0.497 e. The van der Waals surface area contributed by atoms with Crippen molar-refractivity contribution in [2.75, 3.05) is 33.9 Å². The van der Waals surface area contributed by atoms with E-state index in [1.807, 2.05) is 59.5 Å². The third kappa shape index (κ3) is 5.90. The second-order valence-corrected chi connectivity index (χ2v) is 11.8. The zero-order valence-corrected chi connectivity index (χ0v) is 25.0. The van der Waals surface area contributed by atoms with Crippen molar-refractivity contribution in [3.63, 3.8) is 0 Å². The molecule has 1 unspecified atom stereocenters. The predicted molar refractivity (Wildman–Crippen MR) is 169 cm³/mol. The molecular weight excluding hydrogens is 536 g/mol. The van der Waals surface area contributed by atoms with Gasteiger partial charge < -0.3 is 19.5 Å². The van der Waals surface area contributed by atoms with Gasteiger partial charge in [0.15, 0.2) is 0 Å². The number of aliphatic hydroxyl groups is 1. The SMILES string of the molecule is COc1ccc(C2(c3ccc(OC)cc3)CCCN(Cc3cccc(C(=O)N4Cc5ccccc5CC4CO)c3)C2)cc1. The van der Waals surface area contributed by atoms with Crippen LogP contribution in [-0.2, 0) is 24.9 Å². The van der Waals surface area contributed by atoms with E-state index in [0.29, 0.717) is 18.5 Å². The summed E-state index contributed by atoms with van der Waals surface area (Å²) in [6.45, 7) is 3.07. The Morgan fingerprint density at radius 1 is 0.860 bits per heavy atom. The molecule has 0 bridgehead atoms. The number of hydrogen-bond donors (Lipinski definition) is 1. The standard InChI is InChI=1S/C37H40N2O4/c1-42-34-15-11-31(12-16-34)37(32-13-17-35(43-2)18-14-32)19-6-20-38(26-37)23-27-7-5-10-29(21-27)36(41)39-24-30-9-4-3-8-28(30)22-33(39)25-40/h3-5,7-18,21,33,40H,6,19-20,22-26H2,1-2H3. The van der Waals surface area contributed by atoms with E-state index in [1.54, 1.807) is 14.2 Å². The van der Waals surface area contributed by atoms with Crippen LogP contribution in [0.5, 0.6) is 11.5 Å². The molecule has 1 N–H and O–H groups in total. The zero-order chi connectivity index (χ0) is 29.8. The fraction of sp³-hybridized carbons (Fsp3) is 0.324. The maximum atomic E-state index is 13.8.